The van der Waals surface area contributed by atoms with Crippen LogP contribution in [0.4, 0.5) is 0 Å². The van der Waals surface area contributed by atoms with Gasteiger partial charge in [0.25, 0.3) is 0 Å². The average molecular weight is 672 g/mol. The van der Waals surface area contributed by atoms with Gasteiger partial charge in [-0.3, -0.25) is 9.79 Å². The highest BCUT2D eigenvalue weighted by atomic mass is 35.5. The molecule has 0 spiro atoms. The summed E-state index contributed by atoms with van der Waals surface area (Å²) in [6.07, 6.45) is 18.9. The zero-order valence-corrected chi connectivity index (χ0v) is 33.2. The lowest BCUT2D eigenvalue weighted by Crippen LogP contribution is -1.99. The number of Topliss-reactive ketones (excluding diaryl/α,β-unsaturated/α-hetero) is 1. The van der Waals surface area contributed by atoms with Crippen LogP contribution in [0.15, 0.2) is 108 Å². The Morgan fingerprint density at radius 1 is 0.896 bits per heavy atom. The van der Waals surface area contributed by atoms with E-state index in [1.165, 1.54) is 56.6 Å². The molecule has 0 aliphatic heterocycles. The Kier molecular flexibility index (Phi) is 27.7. The van der Waals surface area contributed by atoms with Crippen molar-refractivity contribution in [2.45, 2.75) is 128 Å². The number of hydrogen-bond acceptors (Lipinski definition) is 2. The number of carbonyl (C=O) groups is 1. The molecule has 0 unspecified atom stereocenters. The second-order valence-electron chi connectivity index (χ2n) is 12.2. The normalized spacial score (nSPS) is 11.4. The molecule has 2 aromatic carbocycles. The number of benzene rings is 2. The molecule has 0 amide bonds. The second-order valence-corrected chi connectivity index (χ2v) is 12.6. The number of hydrogen-bond donors (Lipinski definition) is 0. The van der Waals surface area contributed by atoms with E-state index in [2.05, 4.69) is 90.9 Å². The molecule has 2 aromatic rings. The molecule has 264 valence electrons. The summed E-state index contributed by atoms with van der Waals surface area (Å²) in [5.41, 5.74) is 8.50. The van der Waals surface area contributed by atoms with Crippen molar-refractivity contribution >= 4 is 34.2 Å². The zero-order chi connectivity index (χ0) is 37.1. The predicted molar refractivity (Wildman–Crippen MR) is 220 cm³/mol. The second kappa shape index (κ2) is 28.5. The van der Waals surface area contributed by atoms with Crippen molar-refractivity contribution in [3.8, 4) is 0 Å². The molecule has 0 heterocycles. The third-order valence-corrected chi connectivity index (χ3v) is 7.05. The minimum atomic E-state index is -0.0765. The Morgan fingerprint density at radius 3 is 1.83 bits per heavy atom. The molecule has 48 heavy (non-hydrogen) atoms. The third-order valence-electron chi connectivity index (χ3n) is 6.74. The van der Waals surface area contributed by atoms with Crippen molar-refractivity contribution in [2.75, 3.05) is 0 Å². The number of halogens is 1. The monoisotopic (exact) mass is 671 g/mol. The molecule has 0 N–H and O–H groups in total. The van der Waals surface area contributed by atoms with Crippen molar-refractivity contribution in [3.05, 3.63) is 131 Å². The van der Waals surface area contributed by atoms with Crippen molar-refractivity contribution in [1.82, 2.24) is 0 Å². The summed E-state index contributed by atoms with van der Waals surface area (Å²) in [6.45, 7) is 32.2. The first-order chi connectivity index (χ1) is 22.8. The molecule has 0 saturated carbocycles. The minimum absolute atomic E-state index is 0.0765. The van der Waals surface area contributed by atoms with E-state index in [4.69, 9.17) is 11.6 Å². The summed E-state index contributed by atoms with van der Waals surface area (Å²) in [5, 5.41) is 0.503. The van der Waals surface area contributed by atoms with Gasteiger partial charge in [-0.25, -0.2) is 0 Å². The molecule has 3 heteroatoms. The van der Waals surface area contributed by atoms with Gasteiger partial charge in [-0.05, 0) is 100 Å². The maximum absolute atomic E-state index is 12.4. The van der Waals surface area contributed by atoms with Crippen LogP contribution in [0.3, 0.4) is 0 Å². The van der Waals surface area contributed by atoms with Crippen LogP contribution in [0.2, 0.25) is 5.02 Å². The highest BCUT2D eigenvalue weighted by Crippen LogP contribution is 2.30. The lowest BCUT2D eigenvalue weighted by Gasteiger charge is -2.15. The van der Waals surface area contributed by atoms with Gasteiger partial charge >= 0.3 is 0 Å². The maximum Gasteiger partial charge on any atom is 0.160 e. The van der Waals surface area contributed by atoms with E-state index in [1.807, 2.05) is 64.1 Å². The van der Waals surface area contributed by atoms with Crippen LogP contribution >= 0.6 is 11.6 Å². The van der Waals surface area contributed by atoms with Crippen LogP contribution in [-0.4, -0.2) is 11.5 Å². The van der Waals surface area contributed by atoms with E-state index in [9.17, 15) is 4.79 Å². The summed E-state index contributed by atoms with van der Waals surface area (Å²) in [7, 11) is 0. The number of aryl methyl sites for hydroxylation is 1. The molecular formula is C45H66ClNO. The number of nitrogens with zero attached hydrogens (tertiary/aromatic N) is 1. The fourth-order valence-electron chi connectivity index (χ4n) is 4.40. The summed E-state index contributed by atoms with van der Waals surface area (Å²) >= 11 is 6.55. The smallest absolute Gasteiger partial charge is 0.160 e. The van der Waals surface area contributed by atoms with Crippen LogP contribution in [0.25, 0.3) is 11.1 Å². The molecule has 0 aromatic heterocycles. The molecule has 0 fully saturated rings. The Hall–Kier alpha value is -3.49. The molecule has 2 rings (SSSR count). The quantitative estimate of drug-likeness (QED) is 0.118. The average Bonchev–Trinajstić information content (AvgIpc) is 3.03. The van der Waals surface area contributed by atoms with Crippen LogP contribution < -0.4 is 0 Å². The first kappa shape index (κ1) is 46.6. The van der Waals surface area contributed by atoms with Gasteiger partial charge in [0.2, 0.25) is 0 Å². The van der Waals surface area contributed by atoms with E-state index in [0.717, 1.165) is 33.9 Å². The van der Waals surface area contributed by atoms with Crippen molar-refractivity contribution in [3.63, 3.8) is 0 Å². The Morgan fingerprint density at radius 2 is 1.44 bits per heavy atom. The van der Waals surface area contributed by atoms with Gasteiger partial charge in [-0.2, -0.15) is 0 Å². The highest BCUT2D eigenvalue weighted by molar-refractivity contribution is 6.35. The molecule has 0 bridgehead atoms. The van der Waals surface area contributed by atoms with Crippen LogP contribution in [-0.2, 0) is 4.79 Å². The SMILES string of the molecule is C=C/C(=C\C=C/C)c1ccc(/C(=C/C(=C/N=C(C)C)C(=C)C)C(C)=O)c(Cl)c1.CCC.CCC.CCCC(CCC)c1ccc(C)cc1. The fraction of sp³-hybridized carbons (Fsp3) is 0.422. The first-order valence-electron chi connectivity index (χ1n) is 17.7. The standard InChI is InChI=1S/C25H28ClNO.C14H22.2C3H8/c1-8-10-11-20(9-2)21-12-13-23(25(26)15-21)24(19(7)28)14-22(17(3)4)16-27-18(5)6;1-4-6-13(7-5-2)14-10-8-12(3)9-11-14;2*1-3-2/h8-16H,2-3H2,1,4-7H3;8-11,13H,4-7H2,1-3H3;2*3H2,1-2H3/b10-8-,20-11+,22-16-,24-14+;;;. The van der Waals surface area contributed by atoms with Crippen molar-refractivity contribution < 1.29 is 4.79 Å². The maximum atomic E-state index is 12.4. The number of ketones is 1. The molecule has 0 aliphatic rings. The third kappa shape index (κ3) is 20.0. The zero-order valence-electron chi connectivity index (χ0n) is 32.5. The van der Waals surface area contributed by atoms with E-state index in [1.54, 1.807) is 18.4 Å². The van der Waals surface area contributed by atoms with Crippen LogP contribution in [0, 0.1) is 6.92 Å². The first-order valence-corrected chi connectivity index (χ1v) is 18.1. The number of carbonyl (C=O) groups excluding carboxylic acids is 1. The lowest BCUT2D eigenvalue weighted by molar-refractivity contribution is -0.111. The van der Waals surface area contributed by atoms with Crippen molar-refractivity contribution in [2.24, 2.45) is 4.99 Å². The van der Waals surface area contributed by atoms with Gasteiger partial charge in [-0.1, -0.05) is 158 Å². The molecule has 0 atom stereocenters. The highest BCUT2D eigenvalue weighted by Gasteiger charge is 2.14. The van der Waals surface area contributed by atoms with Gasteiger partial charge in [0, 0.05) is 28.1 Å². The van der Waals surface area contributed by atoms with E-state index < -0.39 is 0 Å². The van der Waals surface area contributed by atoms with E-state index >= 15 is 0 Å². The largest absolute Gasteiger partial charge is 0.294 e. The lowest BCUT2D eigenvalue weighted by atomic mass is 9.90. The number of allylic oxidation sites excluding steroid dienone is 9. The molecule has 0 saturated heterocycles. The predicted octanol–water partition coefficient (Wildman–Crippen LogP) is 14.9. The summed E-state index contributed by atoms with van der Waals surface area (Å²) in [4.78, 5) is 16.7. The fourth-order valence-corrected chi connectivity index (χ4v) is 4.68. The Labute approximate surface area is 301 Å². The van der Waals surface area contributed by atoms with Gasteiger partial charge in [0.1, 0.15) is 0 Å². The number of aliphatic imine (C=N–C) groups is 1. The van der Waals surface area contributed by atoms with Gasteiger partial charge in [0.15, 0.2) is 5.78 Å². The Bertz CT molecular complexity index is 1370. The number of rotatable bonds is 13. The van der Waals surface area contributed by atoms with Gasteiger partial charge in [-0.15, -0.1) is 0 Å². The molecular weight excluding hydrogens is 606 g/mol. The minimum Gasteiger partial charge on any atom is -0.294 e. The molecule has 2 nitrogen and oxygen atoms in total. The summed E-state index contributed by atoms with van der Waals surface area (Å²) in [5.74, 6) is 0.706. The van der Waals surface area contributed by atoms with Gasteiger partial charge in [0.05, 0.1) is 0 Å². The van der Waals surface area contributed by atoms with E-state index in [-0.39, 0.29) is 5.78 Å². The molecule has 0 aliphatic carbocycles. The van der Waals surface area contributed by atoms with Crippen molar-refractivity contribution in [1.29, 1.82) is 0 Å². The molecule has 0 radical (unpaired) electrons. The van der Waals surface area contributed by atoms with Gasteiger partial charge < -0.3 is 0 Å². The van der Waals surface area contributed by atoms with Crippen LogP contribution in [0.5, 0.6) is 0 Å². The Balaban J connectivity index is 0. The van der Waals surface area contributed by atoms with E-state index in [0.29, 0.717) is 16.2 Å². The summed E-state index contributed by atoms with van der Waals surface area (Å²) in [6, 6.07) is 14.7. The summed E-state index contributed by atoms with van der Waals surface area (Å²) < 4.78 is 0. The van der Waals surface area contributed by atoms with Crippen LogP contribution in [0.1, 0.15) is 143 Å². The topological polar surface area (TPSA) is 29.4 Å².